The van der Waals surface area contributed by atoms with Crippen molar-refractivity contribution in [2.24, 2.45) is 5.41 Å². The summed E-state index contributed by atoms with van der Waals surface area (Å²) >= 11 is 1.79. The highest BCUT2D eigenvalue weighted by Crippen LogP contribution is 2.41. The number of benzene rings is 1. The van der Waals surface area contributed by atoms with E-state index in [-0.39, 0.29) is 12.0 Å². The fraction of sp³-hybridized carbons (Fsp3) is 0.500. The monoisotopic (exact) mass is 510 g/mol. The van der Waals surface area contributed by atoms with Crippen LogP contribution in [-0.2, 0) is 0 Å². The van der Waals surface area contributed by atoms with Crippen LogP contribution < -0.4 is 9.64 Å². The molecule has 0 saturated carbocycles. The van der Waals surface area contributed by atoms with Crippen LogP contribution in [0.1, 0.15) is 37.4 Å². The van der Waals surface area contributed by atoms with Gasteiger partial charge in [0.1, 0.15) is 5.75 Å². The van der Waals surface area contributed by atoms with Gasteiger partial charge in [-0.25, -0.2) is 4.98 Å². The fourth-order valence-electron chi connectivity index (χ4n) is 5.05. The zero-order valence-corrected chi connectivity index (χ0v) is 22.4. The predicted molar refractivity (Wildman–Crippen MR) is 147 cm³/mol. The third-order valence-electron chi connectivity index (χ3n) is 7.41. The molecule has 0 amide bonds. The summed E-state index contributed by atoms with van der Waals surface area (Å²) in [5.74, 6) is 1.75. The second-order valence-electron chi connectivity index (χ2n) is 9.91. The summed E-state index contributed by atoms with van der Waals surface area (Å²) in [5.41, 5.74) is 2.47. The number of hydrogen-bond acceptors (Lipinski definition) is 8. The van der Waals surface area contributed by atoms with Gasteiger partial charge in [-0.3, -0.25) is 4.98 Å². The maximum atomic E-state index is 11.4. The first kappa shape index (κ1) is 26.7. The average molecular weight is 511 g/mol. The Morgan fingerprint density at radius 3 is 2.64 bits per heavy atom. The molecule has 1 atom stereocenters. The second-order valence-corrected chi connectivity index (χ2v) is 11.0. The number of rotatable bonds is 11. The molecule has 0 unspecified atom stereocenters. The molecule has 1 saturated heterocycles. The molecular formula is C28H38N4O3S. The Hall–Kier alpha value is -2.39. The van der Waals surface area contributed by atoms with Crippen molar-refractivity contribution in [1.82, 2.24) is 14.9 Å². The quantitative estimate of drug-likeness (QED) is 0.368. The minimum atomic E-state index is -0.656. The van der Waals surface area contributed by atoms with Crippen molar-refractivity contribution in [3.63, 3.8) is 0 Å². The van der Waals surface area contributed by atoms with Gasteiger partial charge in [-0.05, 0) is 74.5 Å². The number of aliphatic hydroxyl groups is 2. The molecule has 1 aliphatic heterocycles. The Morgan fingerprint density at radius 2 is 1.97 bits per heavy atom. The largest absolute Gasteiger partial charge is 0.497 e. The molecule has 0 spiro atoms. The summed E-state index contributed by atoms with van der Waals surface area (Å²) in [7, 11) is 5.59. The van der Waals surface area contributed by atoms with Crippen molar-refractivity contribution < 1.29 is 14.9 Å². The number of pyridine rings is 2. The molecule has 2 aromatic heterocycles. The van der Waals surface area contributed by atoms with Crippen LogP contribution >= 0.6 is 11.8 Å². The lowest BCUT2D eigenvalue weighted by Gasteiger charge is -2.41. The van der Waals surface area contributed by atoms with Gasteiger partial charge >= 0.3 is 0 Å². The summed E-state index contributed by atoms with van der Waals surface area (Å²) < 4.78 is 5.44. The number of likely N-dealkylation sites (tertiary alicyclic amines) is 1. The van der Waals surface area contributed by atoms with Gasteiger partial charge in [-0.2, -0.15) is 0 Å². The SMILES string of the molecule is COc1ccc2ncc(N(C)C)c([C@H](O)CCC3(CO)CCN(CCSc4ccccn4)CC3)c2c1. The first-order chi connectivity index (χ1) is 17.4. The minimum Gasteiger partial charge on any atom is -0.497 e. The van der Waals surface area contributed by atoms with Crippen LogP contribution in [0.5, 0.6) is 5.75 Å². The van der Waals surface area contributed by atoms with Crippen molar-refractivity contribution in [3.05, 3.63) is 54.4 Å². The smallest absolute Gasteiger partial charge is 0.119 e. The van der Waals surface area contributed by atoms with Crippen molar-refractivity contribution >= 4 is 28.4 Å². The molecule has 194 valence electrons. The Balaban J connectivity index is 1.39. The molecule has 4 rings (SSSR count). The average Bonchev–Trinajstić information content (AvgIpc) is 2.92. The van der Waals surface area contributed by atoms with Crippen molar-refractivity contribution in [3.8, 4) is 5.75 Å². The second kappa shape index (κ2) is 12.2. The molecule has 8 heteroatoms. The highest BCUT2D eigenvalue weighted by molar-refractivity contribution is 7.99. The molecule has 1 aliphatic rings. The molecule has 1 fully saturated rings. The maximum absolute atomic E-state index is 11.4. The standard InChI is InChI=1S/C28H38N4O3S/c1-31(2)24-19-30-23-8-7-21(35-3)18-22(23)27(24)25(34)9-10-28(20-33)11-14-32(15-12-28)16-17-36-26-6-4-5-13-29-26/h4-8,13,18-19,25,33-34H,9-12,14-17,20H2,1-3H3/t25-/m1/s1. The number of nitrogens with zero attached hydrogens (tertiary/aromatic N) is 4. The lowest BCUT2D eigenvalue weighted by molar-refractivity contribution is 0.0255. The molecule has 0 radical (unpaired) electrons. The van der Waals surface area contributed by atoms with Crippen LogP contribution in [0.15, 0.2) is 53.8 Å². The minimum absolute atomic E-state index is 0.148. The van der Waals surface area contributed by atoms with E-state index < -0.39 is 6.10 Å². The summed E-state index contributed by atoms with van der Waals surface area (Å²) in [5, 5.41) is 23.8. The molecule has 36 heavy (non-hydrogen) atoms. The Morgan fingerprint density at radius 1 is 1.17 bits per heavy atom. The first-order valence-corrected chi connectivity index (χ1v) is 13.6. The molecule has 3 aromatic rings. The van der Waals surface area contributed by atoms with Gasteiger partial charge in [0.05, 0.1) is 35.6 Å². The van der Waals surface area contributed by atoms with Crippen molar-refractivity contribution in [2.75, 3.05) is 58.1 Å². The fourth-order valence-corrected chi connectivity index (χ4v) is 5.92. The number of aliphatic hydroxyl groups excluding tert-OH is 2. The van der Waals surface area contributed by atoms with Gasteiger partial charge in [0.2, 0.25) is 0 Å². The van der Waals surface area contributed by atoms with E-state index in [1.54, 1.807) is 18.9 Å². The molecule has 3 heterocycles. The van der Waals surface area contributed by atoms with E-state index in [0.29, 0.717) is 6.42 Å². The maximum Gasteiger partial charge on any atom is 0.119 e. The van der Waals surface area contributed by atoms with Crippen LogP contribution in [0, 0.1) is 5.41 Å². The molecule has 2 N–H and O–H groups in total. The lowest BCUT2D eigenvalue weighted by atomic mass is 9.74. The van der Waals surface area contributed by atoms with Crippen LogP contribution in [0.2, 0.25) is 0 Å². The number of fused-ring (bicyclic) bond motifs is 1. The van der Waals surface area contributed by atoms with E-state index in [4.69, 9.17) is 4.74 Å². The summed E-state index contributed by atoms with van der Waals surface area (Å²) in [6.45, 7) is 3.11. The van der Waals surface area contributed by atoms with Crippen molar-refractivity contribution in [1.29, 1.82) is 0 Å². The normalized spacial score (nSPS) is 16.7. The number of methoxy groups -OCH3 is 1. The third kappa shape index (κ3) is 6.29. The van der Waals surface area contributed by atoms with E-state index in [1.165, 1.54) is 0 Å². The Kier molecular flexibility index (Phi) is 9.06. The topological polar surface area (TPSA) is 82.0 Å². The number of thioether (sulfide) groups is 1. The highest BCUT2D eigenvalue weighted by Gasteiger charge is 2.34. The van der Waals surface area contributed by atoms with E-state index in [9.17, 15) is 10.2 Å². The van der Waals surface area contributed by atoms with Crippen LogP contribution in [-0.4, -0.2) is 78.3 Å². The third-order valence-corrected chi connectivity index (χ3v) is 8.33. The van der Waals surface area contributed by atoms with Crippen LogP contribution in [0.3, 0.4) is 0 Å². The zero-order valence-electron chi connectivity index (χ0n) is 21.6. The van der Waals surface area contributed by atoms with Gasteiger partial charge in [0.25, 0.3) is 0 Å². The number of hydrogen-bond donors (Lipinski definition) is 2. The number of anilines is 1. The first-order valence-electron chi connectivity index (χ1n) is 12.6. The van der Waals surface area contributed by atoms with E-state index in [1.807, 2.05) is 67.8 Å². The van der Waals surface area contributed by atoms with Gasteiger partial charge in [-0.1, -0.05) is 6.07 Å². The Labute approximate surface area is 218 Å². The van der Waals surface area contributed by atoms with Gasteiger partial charge in [-0.15, -0.1) is 11.8 Å². The molecular weight excluding hydrogens is 472 g/mol. The summed E-state index contributed by atoms with van der Waals surface area (Å²) in [6, 6.07) is 11.8. The van der Waals surface area contributed by atoms with Gasteiger partial charge in [0, 0.05) is 50.1 Å². The van der Waals surface area contributed by atoms with Crippen molar-refractivity contribution in [2.45, 2.75) is 36.8 Å². The van der Waals surface area contributed by atoms with E-state index >= 15 is 0 Å². The Bertz CT molecular complexity index is 1120. The highest BCUT2D eigenvalue weighted by atomic mass is 32.2. The number of aromatic nitrogens is 2. The lowest BCUT2D eigenvalue weighted by Crippen LogP contribution is -2.43. The van der Waals surface area contributed by atoms with Gasteiger partial charge < -0.3 is 24.7 Å². The summed E-state index contributed by atoms with van der Waals surface area (Å²) in [6.07, 6.45) is 6.26. The number of piperidine rings is 1. The molecule has 0 bridgehead atoms. The molecule has 0 aliphatic carbocycles. The van der Waals surface area contributed by atoms with E-state index in [2.05, 4.69) is 14.9 Å². The molecule has 7 nitrogen and oxygen atoms in total. The predicted octanol–water partition coefficient (Wildman–Crippen LogP) is 4.38. The number of ether oxygens (including phenoxy) is 1. The van der Waals surface area contributed by atoms with Gasteiger partial charge in [0.15, 0.2) is 0 Å². The summed E-state index contributed by atoms with van der Waals surface area (Å²) in [4.78, 5) is 13.4. The van der Waals surface area contributed by atoms with Crippen LogP contribution in [0.25, 0.3) is 10.9 Å². The van der Waals surface area contributed by atoms with Crippen LogP contribution in [0.4, 0.5) is 5.69 Å². The van der Waals surface area contributed by atoms with E-state index in [0.717, 1.165) is 77.6 Å². The zero-order chi connectivity index (χ0) is 25.5. The molecule has 1 aromatic carbocycles.